The summed E-state index contributed by atoms with van der Waals surface area (Å²) in [5.74, 6) is -1.16. The number of rotatable bonds is 11. The Labute approximate surface area is 171 Å². The number of allylic oxidation sites excluding steroid dienone is 3. The van der Waals surface area contributed by atoms with Crippen LogP contribution in [0.25, 0.3) is 0 Å². The van der Waals surface area contributed by atoms with Crippen LogP contribution in [0.1, 0.15) is 44.1 Å². The molecule has 0 aromatic heterocycles. The summed E-state index contributed by atoms with van der Waals surface area (Å²) in [5, 5.41) is 41.9. The number of unbranched alkanes of at least 4 members (excludes halogenated alkanes) is 1. The predicted molar refractivity (Wildman–Crippen MR) is 112 cm³/mol. The first kappa shape index (κ1) is 22.8. The van der Waals surface area contributed by atoms with Gasteiger partial charge in [-0.3, -0.25) is 4.79 Å². The molecule has 6 nitrogen and oxygen atoms in total. The maximum absolute atomic E-state index is 10.5. The number of aliphatic hydroxyl groups is 2. The summed E-state index contributed by atoms with van der Waals surface area (Å²) >= 11 is 0. The van der Waals surface area contributed by atoms with Crippen LogP contribution in [0.3, 0.4) is 0 Å². The first-order valence-corrected chi connectivity index (χ1v) is 10.2. The van der Waals surface area contributed by atoms with Gasteiger partial charge in [0.05, 0.1) is 17.9 Å². The molecule has 1 saturated carbocycles. The molecule has 0 heterocycles. The Hall–Kier alpha value is -2.44. The fourth-order valence-corrected chi connectivity index (χ4v) is 3.70. The van der Waals surface area contributed by atoms with Crippen LogP contribution in [0.2, 0.25) is 0 Å². The predicted octanol–water partition coefficient (Wildman–Crippen LogP) is 3.56. The average molecular weight is 402 g/mol. The van der Waals surface area contributed by atoms with Crippen LogP contribution in [0, 0.1) is 11.8 Å². The lowest BCUT2D eigenvalue weighted by Gasteiger charge is -2.18. The molecule has 4 atom stereocenters. The molecule has 2 unspecified atom stereocenters. The molecule has 0 radical (unpaired) electrons. The number of aliphatic carboxylic acids is 1. The summed E-state index contributed by atoms with van der Waals surface area (Å²) in [5.41, 5.74) is 1.69. The van der Waals surface area contributed by atoms with Crippen molar-refractivity contribution in [3.05, 3.63) is 60.2 Å². The van der Waals surface area contributed by atoms with E-state index in [1.54, 1.807) is 6.08 Å². The smallest absolute Gasteiger partial charge is 0.303 e. The number of benzene rings is 1. The number of carbonyl (C=O) groups is 1. The van der Waals surface area contributed by atoms with Gasteiger partial charge in [-0.15, -0.1) is 0 Å². The zero-order valence-corrected chi connectivity index (χ0v) is 16.6. The number of nitrogens with zero attached hydrogens (tertiary/aromatic N) is 1. The Kier molecular flexibility index (Phi) is 9.60. The number of aryl methyl sites for hydroxylation is 1. The van der Waals surface area contributed by atoms with E-state index in [1.807, 2.05) is 48.6 Å². The molecule has 0 spiro atoms. The van der Waals surface area contributed by atoms with Gasteiger partial charge in [0, 0.05) is 24.7 Å². The Morgan fingerprint density at radius 1 is 1.24 bits per heavy atom. The highest BCUT2D eigenvalue weighted by atomic mass is 16.4. The summed E-state index contributed by atoms with van der Waals surface area (Å²) in [6.07, 6.45) is 9.88. The molecule has 1 aliphatic carbocycles. The third-order valence-corrected chi connectivity index (χ3v) is 5.34. The number of carboxylic acid groups (broad SMARTS) is 1. The first-order valence-electron chi connectivity index (χ1n) is 10.2. The van der Waals surface area contributed by atoms with Gasteiger partial charge in [-0.25, -0.2) is 0 Å². The number of oxime groups is 1. The lowest BCUT2D eigenvalue weighted by atomic mass is 9.89. The summed E-state index contributed by atoms with van der Waals surface area (Å²) in [4.78, 5) is 10.5. The molecule has 2 rings (SSSR count). The lowest BCUT2D eigenvalue weighted by Crippen LogP contribution is -2.19. The minimum absolute atomic E-state index is 0.130. The molecule has 4 N–H and O–H groups in total. The fourth-order valence-electron chi connectivity index (χ4n) is 3.70. The highest BCUT2D eigenvalue weighted by Crippen LogP contribution is 2.34. The molecule has 1 fully saturated rings. The van der Waals surface area contributed by atoms with Crippen molar-refractivity contribution in [3.63, 3.8) is 0 Å². The number of hydrogen-bond donors (Lipinski definition) is 4. The molecule has 0 saturated heterocycles. The van der Waals surface area contributed by atoms with Crippen LogP contribution in [-0.2, 0) is 11.2 Å². The lowest BCUT2D eigenvalue weighted by molar-refractivity contribution is -0.137. The van der Waals surface area contributed by atoms with E-state index >= 15 is 0 Å². The molecule has 6 heteroatoms. The van der Waals surface area contributed by atoms with E-state index in [1.165, 1.54) is 5.56 Å². The summed E-state index contributed by atoms with van der Waals surface area (Å²) in [7, 11) is 0. The molecule has 158 valence electrons. The van der Waals surface area contributed by atoms with Crippen LogP contribution in [0.4, 0.5) is 0 Å². The second kappa shape index (κ2) is 12.2. The zero-order valence-electron chi connectivity index (χ0n) is 16.6. The van der Waals surface area contributed by atoms with Crippen LogP contribution in [0.15, 0.2) is 59.8 Å². The van der Waals surface area contributed by atoms with Gasteiger partial charge in [-0.1, -0.05) is 59.8 Å². The van der Waals surface area contributed by atoms with Crippen molar-refractivity contribution in [1.82, 2.24) is 0 Å². The molecular weight excluding hydrogens is 370 g/mol. The topological polar surface area (TPSA) is 110 Å². The average Bonchev–Trinajstić information content (AvgIpc) is 3.02. The van der Waals surface area contributed by atoms with Gasteiger partial charge < -0.3 is 20.5 Å². The highest BCUT2D eigenvalue weighted by molar-refractivity contribution is 5.90. The maximum Gasteiger partial charge on any atom is 0.303 e. The summed E-state index contributed by atoms with van der Waals surface area (Å²) in [6, 6.07) is 9.96. The molecule has 29 heavy (non-hydrogen) atoms. The van der Waals surface area contributed by atoms with Crippen molar-refractivity contribution >= 4 is 11.7 Å². The van der Waals surface area contributed by atoms with Crippen molar-refractivity contribution in [1.29, 1.82) is 0 Å². The van der Waals surface area contributed by atoms with Gasteiger partial charge in [-0.2, -0.15) is 0 Å². The van der Waals surface area contributed by atoms with E-state index in [-0.39, 0.29) is 18.3 Å². The molecule has 0 amide bonds. The quantitative estimate of drug-likeness (QED) is 0.196. The van der Waals surface area contributed by atoms with Gasteiger partial charge in [-0.05, 0) is 37.7 Å². The van der Waals surface area contributed by atoms with E-state index < -0.39 is 18.2 Å². The van der Waals surface area contributed by atoms with Crippen molar-refractivity contribution in [2.45, 2.75) is 57.2 Å². The molecule has 1 aromatic rings. The van der Waals surface area contributed by atoms with Crippen LogP contribution < -0.4 is 0 Å². The minimum atomic E-state index is -0.801. The van der Waals surface area contributed by atoms with Gasteiger partial charge in [0.15, 0.2) is 0 Å². The van der Waals surface area contributed by atoms with E-state index in [0.717, 1.165) is 6.42 Å². The number of hydrogen-bond acceptors (Lipinski definition) is 5. The molecule has 1 aliphatic rings. The molecular formula is C23H31NO5. The third-order valence-electron chi connectivity index (χ3n) is 5.34. The second-order valence-electron chi connectivity index (χ2n) is 7.52. The van der Waals surface area contributed by atoms with Crippen LogP contribution >= 0.6 is 0 Å². The largest absolute Gasteiger partial charge is 0.481 e. The molecule has 1 aromatic carbocycles. The fraction of sp³-hybridized carbons (Fsp3) is 0.478. The Balaban J connectivity index is 1.89. The van der Waals surface area contributed by atoms with E-state index in [9.17, 15) is 20.2 Å². The SMILES string of the molecule is O=C(O)CCC/C=C\CC1[C@@H](O)C/C(=N/O)[C@@H]1/C=C/C(O)CCc1ccccc1. The van der Waals surface area contributed by atoms with Crippen molar-refractivity contribution in [2.24, 2.45) is 17.0 Å². The zero-order chi connectivity index (χ0) is 21.1. The third kappa shape index (κ3) is 7.83. The monoisotopic (exact) mass is 401 g/mol. The Morgan fingerprint density at radius 3 is 2.69 bits per heavy atom. The van der Waals surface area contributed by atoms with E-state index in [4.69, 9.17) is 5.11 Å². The number of aliphatic hydroxyl groups excluding tert-OH is 2. The normalized spacial score (nSPS) is 24.6. The standard InChI is InChI=1S/C23H31NO5/c25-18(13-12-17-8-4-3-5-9-17)14-15-19-20(22(26)16-21(19)24-29)10-6-1-2-7-11-23(27)28/h1,3-6,8-9,14-15,18-20,22,25-26,29H,2,7,10-13,16H2,(H,27,28)/b6-1-,15-14+,24-21-/t18?,19-,20?,22+/m1/s1. The van der Waals surface area contributed by atoms with Gasteiger partial charge in [0.1, 0.15) is 0 Å². The molecule has 0 bridgehead atoms. The van der Waals surface area contributed by atoms with E-state index in [2.05, 4.69) is 5.16 Å². The second-order valence-corrected chi connectivity index (χ2v) is 7.52. The van der Waals surface area contributed by atoms with Crippen molar-refractivity contribution < 1.29 is 25.3 Å². The van der Waals surface area contributed by atoms with Crippen molar-refractivity contribution in [3.8, 4) is 0 Å². The van der Waals surface area contributed by atoms with Gasteiger partial charge in [0.2, 0.25) is 0 Å². The minimum Gasteiger partial charge on any atom is -0.481 e. The van der Waals surface area contributed by atoms with Crippen molar-refractivity contribution in [2.75, 3.05) is 0 Å². The summed E-state index contributed by atoms with van der Waals surface area (Å²) < 4.78 is 0. The Bertz CT molecular complexity index is 713. The van der Waals surface area contributed by atoms with E-state index in [0.29, 0.717) is 37.8 Å². The molecule has 0 aliphatic heterocycles. The van der Waals surface area contributed by atoms with Gasteiger partial charge >= 0.3 is 5.97 Å². The maximum atomic E-state index is 10.5. The van der Waals surface area contributed by atoms with Gasteiger partial charge in [0.25, 0.3) is 0 Å². The Morgan fingerprint density at radius 2 is 2.00 bits per heavy atom. The highest BCUT2D eigenvalue weighted by Gasteiger charge is 2.38. The van der Waals surface area contributed by atoms with Crippen LogP contribution in [0.5, 0.6) is 0 Å². The first-order chi connectivity index (χ1) is 14.0. The summed E-state index contributed by atoms with van der Waals surface area (Å²) in [6.45, 7) is 0. The number of carboxylic acids is 1. The van der Waals surface area contributed by atoms with Crippen LogP contribution in [-0.4, -0.2) is 44.4 Å².